The Bertz CT molecular complexity index is 132. The summed E-state index contributed by atoms with van der Waals surface area (Å²) in [5.74, 6) is 0. The van der Waals surface area contributed by atoms with Crippen LogP contribution >= 0.6 is 0 Å². The van der Waals surface area contributed by atoms with Gasteiger partial charge in [-0.3, -0.25) is 0 Å². The van der Waals surface area contributed by atoms with Crippen LogP contribution in [0.3, 0.4) is 0 Å². The third kappa shape index (κ3) is 4.23. The van der Waals surface area contributed by atoms with Crippen LogP contribution in [0.25, 0.3) is 0 Å². The van der Waals surface area contributed by atoms with Crippen molar-refractivity contribution in [2.45, 2.75) is 44.5 Å². The maximum Gasteiger partial charge on any atom is 0.186 e. The summed E-state index contributed by atoms with van der Waals surface area (Å²) < 4.78 is 10.6. The minimum Gasteiger partial charge on any atom is -0.420 e. The molecule has 0 aromatic carbocycles. The van der Waals surface area contributed by atoms with Gasteiger partial charge in [-0.25, -0.2) is 0 Å². The highest BCUT2D eigenvalue weighted by Crippen LogP contribution is 2.20. The molecule has 0 aromatic heterocycles. The van der Waals surface area contributed by atoms with Crippen LogP contribution in [0.2, 0.25) is 19.1 Å². The van der Waals surface area contributed by atoms with Crippen molar-refractivity contribution < 1.29 is 9.16 Å². The van der Waals surface area contributed by atoms with E-state index >= 15 is 0 Å². The lowest BCUT2D eigenvalue weighted by atomic mass is 10.2. The summed E-state index contributed by atoms with van der Waals surface area (Å²) >= 11 is 0. The smallest absolute Gasteiger partial charge is 0.186 e. The molecule has 0 spiro atoms. The maximum atomic E-state index is 5.47. The average molecular weight is 188 g/mol. The van der Waals surface area contributed by atoms with Crippen molar-refractivity contribution in [3.8, 4) is 0 Å². The van der Waals surface area contributed by atoms with Crippen LogP contribution in [-0.4, -0.2) is 28.1 Å². The van der Waals surface area contributed by atoms with Crippen molar-refractivity contribution in [3.63, 3.8) is 0 Å². The standard InChI is InChI=1S/C9H20O2Si/c1-10-12(2,3)7-5-4-6-9-8-11-9/h9H,4-8H2,1-3H3. The van der Waals surface area contributed by atoms with Crippen LogP contribution in [0.4, 0.5) is 0 Å². The summed E-state index contributed by atoms with van der Waals surface area (Å²) in [7, 11) is 0.574. The number of epoxide rings is 1. The molecule has 0 saturated carbocycles. The fraction of sp³-hybridized carbons (Fsp3) is 1.00. The zero-order valence-electron chi connectivity index (χ0n) is 8.43. The van der Waals surface area contributed by atoms with Crippen LogP contribution in [-0.2, 0) is 9.16 Å². The van der Waals surface area contributed by atoms with Crippen molar-refractivity contribution in [1.82, 2.24) is 0 Å². The Hall–Kier alpha value is 0.137. The van der Waals surface area contributed by atoms with E-state index in [1.54, 1.807) is 0 Å². The molecule has 0 aliphatic carbocycles. The van der Waals surface area contributed by atoms with E-state index < -0.39 is 8.32 Å². The monoisotopic (exact) mass is 188 g/mol. The van der Waals surface area contributed by atoms with Gasteiger partial charge in [0, 0.05) is 7.11 Å². The fourth-order valence-electron chi connectivity index (χ4n) is 1.26. The molecule has 0 amide bonds. The van der Waals surface area contributed by atoms with E-state index in [-0.39, 0.29) is 0 Å². The molecular formula is C9H20O2Si. The molecule has 1 heterocycles. The molecule has 1 aliphatic heterocycles. The summed E-state index contributed by atoms with van der Waals surface area (Å²) in [6.07, 6.45) is 4.49. The predicted molar refractivity (Wildman–Crippen MR) is 52.9 cm³/mol. The van der Waals surface area contributed by atoms with Gasteiger partial charge in [-0.05, 0) is 25.6 Å². The highest BCUT2D eigenvalue weighted by molar-refractivity contribution is 6.71. The molecule has 12 heavy (non-hydrogen) atoms. The molecule has 0 bridgehead atoms. The fourth-order valence-corrected chi connectivity index (χ4v) is 2.57. The van der Waals surface area contributed by atoms with Crippen molar-refractivity contribution >= 4 is 8.32 Å². The normalized spacial score (nSPS) is 22.8. The molecule has 72 valence electrons. The highest BCUT2D eigenvalue weighted by atomic mass is 28.4. The number of ether oxygens (including phenoxy) is 1. The van der Waals surface area contributed by atoms with Crippen molar-refractivity contribution in [2.75, 3.05) is 13.7 Å². The number of hydrogen-bond acceptors (Lipinski definition) is 2. The van der Waals surface area contributed by atoms with Crippen molar-refractivity contribution in [2.24, 2.45) is 0 Å². The maximum absolute atomic E-state index is 5.47. The SMILES string of the molecule is CO[Si](C)(C)CCCCC1CO1. The first-order valence-electron chi connectivity index (χ1n) is 4.81. The zero-order valence-corrected chi connectivity index (χ0v) is 9.43. The lowest BCUT2D eigenvalue weighted by Gasteiger charge is -2.19. The van der Waals surface area contributed by atoms with Gasteiger partial charge in [0.1, 0.15) is 0 Å². The molecule has 1 aliphatic rings. The third-order valence-corrected chi connectivity index (χ3v) is 5.17. The minimum atomic E-state index is -1.27. The predicted octanol–water partition coefficient (Wildman–Crippen LogP) is 2.41. The van der Waals surface area contributed by atoms with Crippen LogP contribution < -0.4 is 0 Å². The summed E-state index contributed by atoms with van der Waals surface area (Å²) in [4.78, 5) is 0. The van der Waals surface area contributed by atoms with Crippen molar-refractivity contribution in [3.05, 3.63) is 0 Å². The molecule has 3 heteroatoms. The van der Waals surface area contributed by atoms with Gasteiger partial charge in [0.15, 0.2) is 8.32 Å². The van der Waals surface area contributed by atoms with Gasteiger partial charge < -0.3 is 9.16 Å². The highest BCUT2D eigenvalue weighted by Gasteiger charge is 2.23. The van der Waals surface area contributed by atoms with Gasteiger partial charge in [0.2, 0.25) is 0 Å². The Labute approximate surface area is 76.4 Å². The van der Waals surface area contributed by atoms with E-state index in [0.29, 0.717) is 6.10 Å². The number of hydrogen-bond donors (Lipinski definition) is 0. The first kappa shape index (κ1) is 10.2. The Kier molecular flexibility index (Phi) is 3.74. The van der Waals surface area contributed by atoms with Crippen LogP contribution in [0.5, 0.6) is 0 Å². The lowest BCUT2D eigenvalue weighted by Crippen LogP contribution is -2.27. The Balaban J connectivity index is 1.92. The molecule has 1 atom stereocenters. The van der Waals surface area contributed by atoms with Crippen LogP contribution in [0.15, 0.2) is 0 Å². The molecule has 0 radical (unpaired) electrons. The van der Waals surface area contributed by atoms with E-state index in [4.69, 9.17) is 9.16 Å². The average Bonchev–Trinajstić information content (AvgIpc) is 2.82. The third-order valence-electron chi connectivity index (χ3n) is 2.51. The molecule has 2 nitrogen and oxygen atoms in total. The molecule has 0 aromatic rings. The van der Waals surface area contributed by atoms with Gasteiger partial charge in [-0.2, -0.15) is 0 Å². The Morgan fingerprint density at radius 1 is 1.42 bits per heavy atom. The second-order valence-electron chi connectivity index (χ2n) is 4.16. The van der Waals surface area contributed by atoms with Gasteiger partial charge in [0.25, 0.3) is 0 Å². The van der Waals surface area contributed by atoms with Crippen LogP contribution in [0.1, 0.15) is 19.3 Å². The van der Waals surface area contributed by atoms with E-state index in [2.05, 4.69) is 13.1 Å². The number of unbranched alkanes of at least 4 members (excludes halogenated alkanes) is 1. The van der Waals surface area contributed by atoms with E-state index in [9.17, 15) is 0 Å². The van der Waals surface area contributed by atoms with Gasteiger partial charge in [-0.15, -0.1) is 0 Å². The molecule has 1 rings (SSSR count). The van der Waals surface area contributed by atoms with Gasteiger partial charge in [0.05, 0.1) is 12.7 Å². The topological polar surface area (TPSA) is 21.8 Å². The second kappa shape index (κ2) is 4.39. The van der Waals surface area contributed by atoms with E-state index in [1.807, 2.05) is 7.11 Å². The van der Waals surface area contributed by atoms with E-state index in [0.717, 1.165) is 6.61 Å². The summed E-state index contributed by atoms with van der Waals surface area (Å²) in [5, 5.41) is 0. The van der Waals surface area contributed by atoms with Crippen LogP contribution in [0, 0.1) is 0 Å². The Morgan fingerprint density at radius 3 is 2.58 bits per heavy atom. The molecule has 0 N–H and O–H groups in total. The van der Waals surface area contributed by atoms with Crippen molar-refractivity contribution in [1.29, 1.82) is 0 Å². The first-order chi connectivity index (χ1) is 5.64. The van der Waals surface area contributed by atoms with Gasteiger partial charge >= 0.3 is 0 Å². The molecular weight excluding hydrogens is 168 g/mol. The second-order valence-corrected chi connectivity index (χ2v) is 8.59. The zero-order chi connectivity index (χ0) is 9.03. The quantitative estimate of drug-likeness (QED) is 0.363. The Morgan fingerprint density at radius 2 is 2.08 bits per heavy atom. The summed E-state index contributed by atoms with van der Waals surface area (Å²) in [6.45, 7) is 5.56. The number of rotatable bonds is 6. The molecule has 1 fully saturated rings. The van der Waals surface area contributed by atoms with E-state index in [1.165, 1.54) is 25.3 Å². The summed E-state index contributed by atoms with van der Waals surface area (Å²) in [6, 6.07) is 1.29. The minimum absolute atomic E-state index is 0.609. The summed E-state index contributed by atoms with van der Waals surface area (Å²) in [5.41, 5.74) is 0. The lowest BCUT2D eigenvalue weighted by molar-refractivity contribution is 0.384. The molecule has 1 unspecified atom stereocenters. The first-order valence-corrected chi connectivity index (χ1v) is 7.92. The molecule has 1 saturated heterocycles. The van der Waals surface area contributed by atoms with Gasteiger partial charge in [-0.1, -0.05) is 12.8 Å². The largest absolute Gasteiger partial charge is 0.420 e.